The summed E-state index contributed by atoms with van der Waals surface area (Å²) >= 11 is 5.02. The molecule has 2 N–H and O–H groups in total. The van der Waals surface area contributed by atoms with Crippen molar-refractivity contribution in [1.29, 1.82) is 0 Å². The highest BCUT2D eigenvalue weighted by Gasteiger charge is 2.03. The van der Waals surface area contributed by atoms with Crippen molar-refractivity contribution in [2.75, 3.05) is 10.6 Å². The van der Waals surface area contributed by atoms with Gasteiger partial charge in [-0.2, -0.15) is 0 Å². The molecule has 0 aliphatic carbocycles. The number of nitrogens with one attached hydrogen (secondary N) is 2. The lowest BCUT2D eigenvalue weighted by Crippen LogP contribution is -2.29. The van der Waals surface area contributed by atoms with Crippen molar-refractivity contribution >= 4 is 29.0 Å². The van der Waals surface area contributed by atoms with Crippen LogP contribution in [0.5, 0.6) is 0 Å². The Bertz CT molecular complexity index is 415. The first-order chi connectivity index (χ1) is 8.38. The lowest BCUT2D eigenvalue weighted by atomic mass is 10.3. The Hall–Kier alpha value is -1.87. The largest absolute Gasteiger partial charge is 0.361 e. The maximum atomic E-state index is 5.02. The smallest absolute Gasteiger partial charge is 0.126 e. The molecule has 0 bridgehead atoms. The van der Waals surface area contributed by atoms with Crippen molar-refractivity contribution in [1.82, 2.24) is 0 Å². The number of thiocarbonyl (C=S) groups is 1. The van der Waals surface area contributed by atoms with Crippen LogP contribution in [0.15, 0.2) is 60.7 Å². The van der Waals surface area contributed by atoms with E-state index in [1.54, 1.807) is 5.37 Å². The van der Waals surface area contributed by atoms with Crippen molar-refractivity contribution in [3.63, 3.8) is 0 Å². The maximum absolute atomic E-state index is 5.02. The second kappa shape index (κ2) is 6.01. The van der Waals surface area contributed by atoms with Gasteiger partial charge in [-0.15, -0.1) is 0 Å². The molecule has 2 aromatic rings. The van der Waals surface area contributed by atoms with E-state index >= 15 is 0 Å². The molecule has 3 heteroatoms. The van der Waals surface area contributed by atoms with Crippen LogP contribution >= 0.6 is 12.2 Å². The van der Waals surface area contributed by atoms with Crippen LogP contribution < -0.4 is 10.6 Å². The van der Waals surface area contributed by atoms with Crippen LogP contribution in [-0.4, -0.2) is 11.5 Å². The fourth-order valence-corrected chi connectivity index (χ4v) is 1.67. The average Bonchev–Trinajstić information content (AvgIpc) is 2.40. The highest BCUT2D eigenvalue weighted by Crippen LogP contribution is 2.10. The summed E-state index contributed by atoms with van der Waals surface area (Å²) in [6, 6.07) is 20.0. The van der Waals surface area contributed by atoms with Gasteiger partial charge < -0.3 is 10.6 Å². The number of benzene rings is 2. The van der Waals surface area contributed by atoms with Crippen LogP contribution in [0.1, 0.15) is 0 Å². The second-order valence-electron chi connectivity index (χ2n) is 3.63. The Morgan fingerprint density at radius 1 is 0.765 bits per heavy atom. The van der Waals surface area contributed by atoms with Crippen molar-refractivity contribution in [3.8, 4) is 0 Å². The van der Waals surface area contributed by atoms with Gasteiger partial charge in [-0.3, -0.25) is 0 Å². The monoisotopic (exact) mass is 242 g/mol. The predicted molar refractivity (Wildman–Crippen MR) is 77.6 cm³/mol. The molecule has 0 atom stereocenters. The molecule has 0 heterocycles. The first-order valence-corrected chi connectivity index (χ1v) is 5.94. The summed E-state index contributed by atoms with van der Waals surface area (Å²) in [5.74, 6) is 0. The van der Waals surface area contributed by atoms with Crippen molar-refractivity contribution in [2.24, 2.45) is 0 Å². The molecule has 0 aliphatic heterocycles. The van der Waals surface area contributed by atoms with Gasteiger partial charge >= 0.3 is 0 Å². The molecule has 17 heavy (non-hydrogen) atoms. The zero-order valence-corrected chi connectivity index (χ0v) is 10.2. The number of rotatable bonds is 5. The standard InChI is InChI=1S/C14H14N2S/c17-11-14(15-12-7-3-1-4-8-12)16-13-9-5-2-6-10-13/h1-11,14-16H. The third kappa shape index (κ3) is 3.57. The molecular weight excluding hydrogens is 228 g/mol. The number of hydrogen-bond donors (Lipinski definition) is 2. The lowest BCUT2D eigenvalue weighted by molar-refractivity contribution is 1.10. The predicted octanol–water partition coefficient (Wildman–Crippen LogP) is 3.54. The van der Waals surface area contributed by atoms with Crippen LogP contribution in [0.4, 0.5) is 11.4 Å². The Labute approximate surface area is 107 Å². The molecule has 2 aromatic carbocycles. The van der Waals surface area contributed by atoms with Crippen molar-refractivity contribution in [3.05, 3.63) is 60.7 Å². The summed E-state index contributed by atoms with van der Waals surface area (Å²) in [5.41, 5.74) is 2.09. The van der Waals surface area contributed by atoms with E-state index in [1.807, 2.05) is 60.7 Å². The highest BCUT2D eigenvalue weighted by molar-refractivity contribution is 7.79. The Kier molecular flexibility index (Phi) is 4.11. The van der Waals surface area contributed by atoms with E-state index in [2.05, 4.69) is 10.6 Å². The third-order valence-electron chi connectivity index (χ3n) is 2.33. The SMILES string of the molecule is S=CC(Nc1ccccc1)Nc1ccccc1. The number of anilines is 2. The molecule has 0 aliphatic rings. The number of para-hydroxylation sites is 2. The molecule has 0 unspecified atom stereocenters. The van der Waals surface area contributed by atoms with E-state index in [4.69, 9.17) is 12.2 Å². The van der Waals surface area contributed by atoms with Gasteiger partial charge in [0.1, 0.15) is 6.17 Å². The van der Waals surface area contributed by atoms with E-state index in [1.165, 1.54) is 0 Å². The normalized spacial score (nSPS) is 9.94. The lowest BCUT2D eigenvalue weighted by Gasteiger charge is -2.18. The molecule has 2 rings (SSSR count). The average molecular weight is 242 g/mol. The molecule has 86 valence electrons. The topological polar surface area (TPSA) is 24.1 Å². The van der Waals surface area contributed by atoms with Gasteiger partial charge in [0, 0.05) is 16.7 Å². The minimum absolute atomic E-state index is 0.0604. The van der Waals surface area contributed by atoms with E-state index in [0.717, 1.165) is 11.4 Å². The molecular formula is C14H14N2S. The quantitative estimate of drug-likeness (QED) is 0.619. The van der Waals surface area contributed by atoms with Gasteiger partial charge in [-0.25, -0.2) is 0 Å². The zero-order valence-electron chi connectivity index (χ0n) is 9.34. The van der Waals surface area contributed by atoms with Gasteiger partial charge in [-0.05, 0) is 24.3 Å². The molecule has 0 spiro atoms. The van der Waals surface area contributed by atoms with Crippen LogP contribution in [0.25, 0.3) is 0 Å². The number of hydrogen-bond acceptors (Lipinski definition) is 3. The van der Waals surface area contributed by atoms with Gasteiger partial charge in [0.25, 0.3) is 0 Å². The Morgan fingerprint density at radius 2 is 1.18 bits per heavy atom. The van der Waals surface area contributed by atoms with E-state index in [9.17, 15) is 0 Å². The van der Waals surface area contributed by atoms with E-state index in [0.29, 0.717) is 0 Å². The Morgan fingerprint density at radius 3 is 1.53 bits per heavy atom. The van der Waals surface area contributed by atoms with Gasteiger partial charge in [0.05, 0.1) is 0 Å². The summed E-state index contributed by atoms with van der Waals surface area (Å²) in [4.78, 5) is 0. The summed E-state index contributed by atoms with van der Waals surface area (Å²) in [6.45, 7) is 0. The molecule has 2 nitrogen and oxygen atoms in total. The fourth-order valence-electron chi connectivity index (χ4n) is 1.53. The van der Waals surface area contributed by atoms with E-state index in [-0.39, 0.29) is 6.17 Å². The summed E-state index contributed by atoms with van der Waals surface area (Å²) in [7, 11) is 0. The first kappa shape index (κ1) is 11.6. The van der Waals surface area contributed by atoms with E-state index < -0.39 is 0 Å². The molecule has 0 saturated carbocycles. The zero-order chi connectivity index (χ0) is 11.9. The van der Waals surface area contributed by atoms with Gasteiger partial charge in [0.15, 0.2) is 0 Å². The van der Waals surface area contributed by atoms with Crippen LogP contribution in [0.2, 0.25) is 0 Å². The summed E-state index contributed by atoms with van der Waals surface area (Å²) in [5, 5.41) is 8.29. The molecule has 0 fully saturated rings. The van der Waals surface area contributed by atoms with Crippen molar-refractivity contribution in [2.45, 2.75) is 6.17 Å². The van der Waals surface area contributed by atoms with Gasteiger partial charge in [-0.1, -0.05) is 48.6 Å². The third-order valence-corrected chi connectivity index (χ3v) is 2.60. The van der Waals surface area contributed by atoms with Crippen LogP contribution in [0, 0.1) is 0 Å². The Balaban J connectivity index is 2.01. The highest BCUT2D eigenvalue weighted by atomic mass is 32.1. The summed E-state index contributed by atoms with van der Waals surface area (Å²) < 4.78 is 0. The van der Waals surface area contributed by atoms with Crippen LogP contribution in [0.3, 0.4) is 0 Å². The molecule has 0 radical (unpaired) electrons. The van der Waals surface area contributed by atoms with Crippen LogP contribution in [-0.2, 0) is 0 Å². The minimum atomic E-state index is -0.0604. The molecule has 0 aromatic heterocycles. The minimum Gasteiger partial charge on any atom is -0.361 e. The summed E-state index contributed by atoms with van der Waals surface area (Å²) in [6.07, 6.45) is -0.0604. The first-order valence-electron chi connectivity index (χ1n) is 5.47. The van der Waals surface area contributed by atoms with Crippen molar-refractivity contribution < 1.29 is 0 Å². The maximum Gasteiger partial charge on any atom is 0.126 e. The van der Waals surface area contributed by atoms with Gasteiger partial charge in [0.2, 0.25) is 0 Å². The molecule has 0 amide bonds. The second-order valence-corrected chi connectivity index (χ2v) is 3.91. The fraction of sp³-hybridized carbons (Fsp3) is 0.0714. The molecule has 0 saturated heterocycles.